The highest BCUT2D eigenvalue weighted by Gasteiger charge is 2.47. The summed E-state index contributed by atoms with van der Waals surface area (Å²) in [5.74, 6) is -0.398. The van der Waals surface area contributed by atoms with Crippen molar-refractivity contribution in [3.8, 4) is 0 Å². The van der Waals surface area contributed by atoms with E-state index in [0.29, 0.717) is 18.4 Å². The lowest BCUT2D eigenvalue weighted by atomic mass is 9.72. The molecule has 0 saturated carbocycles. The van der Waals surface area contributed by atoms with Crippen LogP contribution in [0.5, 0.6) is 0 Å². The van der Waals surface area contributed by atoms with E-state index < -0.39 is 23.5 Å². The van der Waals surface area contributed by atoms with Gasteiger partial charge in [-0.2, -0.15) is 13.2 Å². The van der Waals surface area contributed by atoms with Crippen molar-refractivity contribution in [1.82, 2.24) is 15.2 Å². The van der Waals surface area contributed by atoms with Crippen molar-refractivity contribution in [3.05, 3.63) is 101 Å². The van der Waals surface area contributed by atoms with E-state index in [0.717, 1.165) is 5.56 Å². The zero-order chi connectivity index (χ0) is 24.9. The maximum atomic E-state index is 14.1. The van der Waals surface area contributed by atoms with Crippen LogP contribution in [-0.4, -0.2) is 47.6 Å². The molecule has 0 aliphatic carbocycles. The van der Waals surface area contributed by atoms with Crippen molar-refractivity contribution < 1.29 is 18.0 Å². The smallest absolute Gasteiger partial charge is 0.350 e. The molecular weight excluding hydrogens is 475 g/mol. The minimum Gasteiger partial charge on any atom is -0.350 e. The Labute approximate surface area is 208 Å². The summed E-state index contributed by atoms with van der Waals surface area (Å²) in [4.78, 5) is 18.4. The first-order valence-corrected chi connectivity index (χ1v) is 12.0. The first kappa shape index (κ1) is 25.2. The topological polar surface area (TPSA) is 45.2 Å². The number of pyridine rings is 1. The summed E-state index contributed by atoms with van der Waals surface area (Å²) in [7, 11) is 0. The van der Waals surface area contributed by atoms with Crippen molar-refractivity contribution >= 4 is 17.5 Å². The summed E-state index contributed by atoms with van der Waals surface area (Å²) < 4.78 is 42.2. The van der Waals surface area contributed by atoms with Crippen molar-refractivity contribution in [2.75, 3.05) is 19.6 Å². The van der Waals surface area contributed by atoms with Crippen molar-refractivity contribution in [2.24, 2.45) is 0 Å². The van der Waals surface area contributed by atoms with Crippen LogP contribution in [0.15, 0.2) is 79.0 Å². The molecule has 2 heterocycles. The zero-order valence-corrected chi connectivity index (χ0v) is 19.9. The molecule has 1 fully saturated rings. The van der Waals surface area contributed by atoms with Crippen LogP contribution in [0.25, 0.3) is 0 Å². The number of nitrogens with one attached hydrogen (secondary N) is 1. The molecule has 1 N–H and O–H groups in total. The molecule has 1 aliphatic rings. The predicted molar refractivity (Wildman–Crippen MR) is 130 cm³/mol. The molecule has 0 bridgehead atoms. The molecule has 1 aromatic heterocycles. The summed E-state index contributed by atoms with van der Waals surface area (Å²) in [5, 5.41) is 3.19. The SMILES string of the molecule is O=C(NCC1(c2ccccc2)CCN(C(Cc2ccccc2)C(F)(F)F)CC1)c1ncccc1Cl. The molecule has 4 nitrogen and oxygen atoms in total. The van der Waals surface area contributed by atoms with Crippen molar-refractivity contribution in [2.45, 2.75) is 36.9 Å². The number of hydrogen-bond acceptors (Lipinski definition) is 3. The molecule has 8 heteroatoms. The van der Waals surface area contributed by atoms with Gasteiger partial charge in [0.25, 0.3) is 5.91 Å². The minimum absolute atomic E-state index is 0.0857. The molecule has 0 radical (unpaired) electrons. The van der Waals surface area contributed by atoms with Gasteiger partial charge in [-0.15, -0.1) is 0 Å². The minimum atomic E-state index is -4.34. The molecule has 3 aromatic rings. The Kier molecular flexibility index (Phi) is 7.77. The van der Waals surface area contributed by atoms with Gasteiger partial charge >= 0.3 is 6.18 Å². The lowest BCUT2D eigenvalue weighted by Gasteiger charge is -2.45. The fraction of sp³-hybridized carbons (Fsp3) is 0.333. The number of carbonyl (C=O) groups is 1. The van der Waals surface area contributed by atoms with Gasteiger partial charge in [-0.3, -0.25) is 9.69 Å². The molecule has 1 atom stereocenters. The third-order valence-corrected chi connectivity index (χ3v) is 7.10. The van der Waals surface area contributed by atoms with Gasteiger partial charge in [-0.25, -0.2) is 4.98 Å². The summed E-state index contributed by atoms with van der Waals surface area (Å²) >= 11 is 6.12. The van der Waals surface area contributed by atoms with Gasteiger partial charge in [0, 0.05) is 18.2 Å². The van der Waals surface area contributed by atoms with Gasteiger partial charge in [-0.1, -0.05) is 72.3 Å². The van der Waals surface area contributed by atoms with Gasteiger partial charge in [0.2, 0.25) is 0 Å². The maximum Gasteiger partial charge on any atom is 0.404 e. The van der Waals surface area contributed by atoms with E-state index in [2.05, 4.69) is 10.3 Å². The Morgan fingerprint density at radius 2 is 1.63 bits per heavy atom. The molecule has 0 spiro atoms. The van der Waals surface area contributed by atoms with Gasteiger partial charge in [0.15, 0.2) is 0 Å². The van der Waals surface area contributed by atoms with E-state index in [-0.39, 0.29) is 36.8 Å². The number of carbonyl (C=O) groups excluding carboxylic acids is 1. The van der Waals surface area contributed by atoms with Crippen LogP contribution in [-0.2, 0) is 11.8 Å². The number of likely N-dealkylation sites (tertiary alicyclic amines) is 1. The van der Waals surface area contributed by atoms with Gasteiger partial charge in [-0.05, 0) is 55.6 Å². The summed E-state index contributed by atoms with van der Waals surface area (Å²) in [6.07, 6.45) is -1.97. The van der Waals surface area contributed by atoms with Gasteiger partial charge < -0.3 is 5.32 Å². The molecule has 1 saturated heterocycles. The number of nitrogens with zero attached hydrogens (tertiary/aromatic N) is 2. The largest absolute Gasteiger partial charge is 0.404 e. The third kappa shape index (κ3) is 6.03. The number of piperidine rings is 1. The Hall–Kier alpha value is -2.90. The second-order valence-corrected chi connectivity index (χ2v) is 9.35. The number of hydrogen-bond donors (Lipinski definition) is 1. The molecule has 1 aliphatic heterocycles. The second kappa shape index (κ2) is 10.8. The maximum absolute atomic E-state index is 14.1. The normalized spacial score (nSPS) is 17.0. The van der Waals surface area contributed by atoms with Crippen LogP contribution >= 0.6 is 11.6 Å². The van der Waals surface area contributed by atoms with E-state index in [1.807, 2.05) is 30.3 Å². The number of aromatic nitrogens is 1. The molecule has 2 aromatic carbocycles. The summed E-state index contributed by atoms with van der Waals surface area (Å²) in [6.45, 7) is 0.824. The van der Waals surface area contributed by atoms with Gasteiger partial charge in [0.05, 0.1) is 5.02 Å². The first-order chi connectivity index (χ1) is 16.8. The van der Waals surface area contributed by atoms with E-state index >= 15 is 0 Å². The van der Waals surface area contributed by atoms with E-state index in [4.69, 9.17) is 11.6 Å². The van der Waals surface area contributed by atoms with Crippen LogP contribution in [0.4, 0.5) is 13.2 Å². The average molecular weight is 502 g/mol. The van der Waals surface area contributed by atoms with E-state index in [1.165, 1.54) is 11.1 Å². The second-order valence-electron chi connectivity index (χ2n) is 8.95. The number of benzene rings is 2. The molecule has 35 heavy (non-hydrogen) atoms. The Bertz CT molecular complexity index is 1120. The highest BCUT2D eigenvalue weighted by Crippen LogP contribution is 2.38. The van der Waals surface area contributed by atoms with Crippen LogP contribution in [0.3, 0.4) is 0 Å². The summed E-state index contributed by atoms with van der Waals surface area (Å²) in [6, 6.07) is 20.1. The Morgan fingerprint density at radius 3 is 2.23 bits per heavy atom. The molecule has 4 rings (SSSR count). The average Bonchev–Trinajstić information content (AvgIpc) is 2.87. The zero-order valence-electron chi connectivity index (χ0n) is 19.1. The van der Waals surface area contributed by atoms with Crippen LogP contribution in [0.2, 0.25) is 5.02 Å². The number of halogens is 4. The van der Waals surface area contributed by atoms with Crippen molar-refractivity contribution in [3.63, 3.8) is 0 Å². The third-order valence-electron chi connectivity index (χ3n) is 6.79. The van der Waals surface area contributed by atoms with E-state index in [1.54, 1.807) is 42.5 Å². The molecule has 1 amide bonds. The molecule has 184 valence electrons. The van der Waals surface area contributed by atoms with Crippen LogP contribution in [0.1, 0.15) is 34.5 Å². The lowest BCUT2D eigenvalue weighted by Crippen LogP contribution is -2.55. The quantitative estimate of drug-likeness (QED) is 0.453. The molecule has 1 unspecified atom stereocenters. The fourth-order valence-electron chi connectivity index (χ4n) is 4.80. The number of amides is 1. The standard InChI is InChI=1S/C27H27ClF3N3O/c28-22-12-7-15-32-24(22)25(35)33-19-26(21-10-5-2-6-11-21)13-16-34(17-14-26)23(27(29,30)31)18-20-8-3-1-4-9-20/h1-12,15,23H,13-14,16-19H2,(H,33,35). The first-order valence-electron chi connectivity index (χ1n) is 11.6. The van der Waals surface area contributed by atoms with Crippen LogP contribution < -0.4 is 5.32 Å². The highest BCUT2D eigenvalue weighted by molar-refractivity contribution is 6.33. The van der Waals surface area contributed by atoms with E-state index in [9.17, 15) is 18.0 Å². The number of rotatable bonds is 7. The van der Waals surface area contributed by atoms with Crippen molar-refractivity contribution in [1.29, 1.82) is 0 Å². The lowest BCUT2D eigenvalue weighted by molar-refractivity contribution is -0.187. The fourth-order valence-corrected chi connectivity index (χ4v) is 5.01. The monoisotopic (exact) mass is 501 g/mol. The molecular formula is C27H27ClF3N3O. The predicted octanol–water partition coefficient (Wildman–Crippen LogP) is 5.67. The van der Waals surface area contributed by atoms with Gasteiger partial charge in [0.1, 0.15) is 11.7 Å². The highest BCUT2D eigenvalue weighted by atomic mass is 35.5. The Balaban J connectivity index is 1.52. The summed E-state index contributed by atoms with van der Waals surface area (Å²) in [5.41, 5.74) is 1.31. The van der Waals surface area contributed by atoms with Crippen LogP contribution in [0, 0.1) is 0 Å². The number of alkyl halides is 3. The Morgan fingerprint density at radius 1 is 1.00 bits per heavy atom.